The van der Waals surface area contributed by atoms with Crippen LogP contribution < -0.4 is 9.46 Å². The van der Waals surface area contributed by atoms with Gasteiger partial charge in [0.15, 0.2) is 0 Å². The van der Waals surface area contributed by atoms with Crippen LogP contribution in [0.5, 0.6) is 5.75 Å². The first-order chi connectivity index (χ1) is 10.8. The van der Waals surface area contributed by atoms with E-state index in [0.29, 0.717) is 25.2 Å². The van der Waals surface area contributed by atoms with Gasteiger partial charge in [-0.3, -0.25) is 0 Å². The predicted octanol–water partition coefficient (Wildman–Crippen LogP) is 1.70. The van der Waals surface area contributed by atoms with Gasteiger partial charge in [0, 0.05) is 13.7 Å². The fourth-order valence-electron chi connectivity index (χ4n) is 2.96. The molecule has 6 nitrogen and oxygen atoms in total. The molecule has 0 spiro atoms. The summed E-state index contributed by atoms with van der Waals surface area (Å²) in [7, 11) is -0.492. The van der Waals surface area contributed by atoms with Crippen molar-refractivity contribution >= 4 is 10.0 Å². The Labute approximate surface area is 138 Å². The van der Waals surface area contributed by atoms with Crippen LogP contribution in [0.4, 0.5) is 0 Å². The highest BCUT2D eigenvalue weighted by atomic mass is 32.2. The molecule has 1 aliphatic rings. The first-order valence-electron chi connectivity index (χ1n) is 7.59. The summed E-state index contributed by atoms with van der Waals surface area (Å²) in [4.78, 5) is 0.287. The second kappa shape index (κ2) is 7.17. The van der Waals surface area contributed by atoms with E-state index in [1.165, 1.54) is 0 Å². The first-order valence-corrected chi connectivity index (χ1v) is 9.07. The molecule has 1 aromatic rings. The average Bonchev–Trinajstić information content (AvgIpc) is 2.51. The molecular weight excluding hydrogens is 318 g/mol. The van der Waals surface area contributed by atoms with E-state index in [0.717, 1.165) is 16.9 Å². The number of ether oxygens (including phenoxy) is 3. The Kier molecular flexibility index (Phi) is 5.67. The standard InChI is InChI=1S/C16H25NO5S/c1-10-8-15(11(2)12(3)16(10)21-5)23(18,19)17-13-6-7-22-9-14(13)20-4/h8,13-14,17H,6-7,9H2,1-5H3/t13-,14-/m0/s1. The number of methoxy groups -OCH3 is 2. The molecule has 0 radical (unpaired) electrons. The van der Waals surface area contributed by atoms with Crippen molar-refractivity contribution < 1.29 is 22.6 Å². The number of sulfonamides is 1. The molecule has 1 aliphatic heterocycles. The Hall–Kier alpha value is -1.15. The highest BCUT2D eigenvalue weighted by Crippen LogP contribution is 2.31. The summed E-state index contributed by atoms with van der Waals surface area (Å²) in [5, 5.41) is 0. The molecule has 23 heavy (non-hydrogen) atoms. The number of hydrogen-bond acceptors (Lipinski definition) is 5. The molecule has 0 amide bonds. The van der Waals surface area contributed by atoms with E-state index >= 15 is 0 Å². The smallest absolute Gasteiger partial charge is 0.241 e. The summed E-state index contributed by atoms with van der Waals surface area (Å²) in [5.41, 5.74) is 2.33. The van der Waals surface area contributed by atoms with Crippen LogP contribution in [0, 0.1) is 20.8 Å². The number of benzene rings is 1. The van der Waals surface area contributed by atoms with Crippen molar-refractivity contribution in [1.82, 2.24) is 4.72 Å². The molecule has 1 heterocycles. The van der Waals surface area contributed by atoms with E-state index < -0.39 is 10.0 Å². The zero-order valence-corrected chi connectivity index (χ0v) is 15.1. The molecule has 2 atom stereocenters. The molecule has 130 valence electrons. The van der Waals surface area contributed by atoms with Crippen LogP contribution in [-0.2, 0) is 19.5 Å². The van der Waals surface area contributed by atoms with Crippen LogP contribution in [-0.4, -0.2) is 48.0 Å². The molecule has 1 N–H and O–H groups in total. The van der Waals surface area contributed by atoms with Crippen molar-refractivity contribution in [2.24, 2.45) is 0 Å². The maximum absolute atomic E-state index is 12.8. The zero-order chi connectivity index (χ0) is 17.2. The lowest BCUT2D eigenvalue weighted by molar-refractivity contribution is -0.0448. The summed E-state index contributed by atoms with van der Waals surface area (Å²) in [6, 6.07) is 1.37. The first kappa shape index (κ1) is 18.2. The topological polar surface area (TPSA) is 73.9 Å². The van der Waals surface area contributed by atoms with Crippen molar-refractivity contribution in [1.29, 1.82) is 0 Å². The third-order valence-corrected chi connectivity index (χ3v) is 6.00. The van der Waals surface area contributed by atoms with Crippen LogP contribution >= 0.6 is 0 Å². The van der Waals surface area contributed by atoms with Crippen LogP contribution in [0.2, 0.25) is 0 Å². The minimum absolute atomic E-state index is 0.278. The Morgan fingerprint density at radius 1 is 1.22 bits per heavy atom. The lowest BCUT2D eigenvalue weighted by Gasteiger charge is -2.31. The van der Waals surface area contributed by atoms with E-state index in [-0.39, 0.29) is 17.0 Å². The second-order valence-electron chi connectivity index (χ2n) is 5.84. The van der Waals surface area contributed by atoms with Crippen LogP contribution in [0.3, 0.4) is 0 Å². The van der Waals surface area contributed by atoms with Crippen molar-refractivity contribution in [2.45, 2.75) is 44.2 Å². The van der Waals surface area contributed by atoms with Crippen molar-refractivity contribution in [3.63, 3.8) is 0 Å². The summed E-state index contributed by atoms with van der Waals surface area (Å²) < 4.78 is 44.5. The Bertz CT molecular complexity index is 672. The molecule has 2 rings (SSSR count). The average molecular weight is 343 g/mol. The molecule has 0 unspecified atom stereocenters. The van der Waals surface area contributed by atoms with Crippen LogP contribution in [0.1, 0.15) is 23.1 Å². The Morgan fingerprint density at radius 2 is 1.91 bits per heavy atom. The summed E-state index contributed by atoms with van der Waals surface area (Å²) >= 11 is 0. The Balaban J connectivity index is 2.36. The zero-order valence-electron chi connectivity index (χ0n) is 14.3. The van der Waals surface area contributed by atoms with Gasteiger partial charge in [-0.1, -0.05) is 0 Å². The lowest BCUT2D eigenvalue weighted by Crippen LogP contribution is -2.49. The molecule has 1 fully saturated rings. The van der Waals surface area contributed by atoms with Gasteiger partial charge in [0.25, 0.3) is 0 Å². The van der Waals surface area contributed by atoms with Crippen molar-refractivity contribution in [2.75, 3.05) is 27.4 Å². The van der Waals surface area contributed by atoms with E-state index in [1.807, 2.05) is 13.8 Å². The van der Waals surface area contributed by atoms with Gasteiger partial charge in [0.2, 0.25) is 10.0 Å². The largest absolute Gasteiger partial charge is 0.496 e. The van der Waals surface area contributed by atoms with Gasteiger partial charge in [-0.05, 0) is 49.9 Å². The second-order valence-corrected chi connectivity index (χ2v) is 7.52. The van der Waals surface area contributed by atoms with E-state index in [9.17, 15) is 8.42 Å². The number of nitrogens with one attached hydrogen (secondary N) is 1. The highest BCUT2D eigenvalue weighted by molar-refractivity contribution is 7.89. The lowest BCUT2D eigenvalue weighted by atomic mass is 10.1. The quantitative estimate of drug-likeness (QED) is 0.881. The summed E-state index contributed by atoms with van der Waals surface area (Å²) in [6.07, 6.45) is 0.310. The number of rotatable bonds is 5. The minimum Gasteiger partial charge on any atom is -0.496 e. The van der Waals surface area contributed by atoms with Crippen LogP contribution in [0.15, 0.2) is 11.0 Å². The van der Waals surface area contributed by atoms with Gasteiger partial charge in [-0.2, -0.15) is 0 Å². The molecule has 1 aromatic carbocycles. The van der Waals surface area contributed by atoms with Gasteiger partial charge in [-0.25, -0.2) is 13.1 Å². The van der Waals surface area contributed by atoms with Crippen LogP contribution in [0.25, 0.3) is 0 Å². The van der Waals surface area contributed by atoms with Crippen molar-refractivity contribution in [3.05, 3.63) is 22.8 Å². The van der Waals surface area contributed by atoms with E-state index in [2.05, 4.69) is 4.72 Å². The van der Waals surface area contributed by atoms with Gasteiger partial charge in [0.1, 0.15) is 5.75 Å². The molecule has 0 aliphatic carbocycles. The third kappa shape index (κ3) is 3.68. The normalized spacial score (nSPS) is 22.1. The maximum Gasteiger partial charge on any atom is 0.241 e. The summed E-state index contributed by atoms with van der Waals surface area (Å²) in [5.74, 6) is 0.724. The van der Waals surface area contributed by atoms with Gasteiger partial charge in [0.05, 0.1) is 30.8 Å². The molecule has 0 aromatic heterocycles. The molecule has 0 saturated carbocycles. The van der Waals surface area contributed by atoms with E-state index in [1.54, 1.807) is 27.2 Å². The minimum atomic E-state index is -3.64. The maximum atomic E-state index is 12.8. The molecular formula is C16H25NO5S. The third-order valence-electron chi connectivity index (χ3n) is 4.39. The highest BCUT2D eigenvalue weighted by Gasteiger charge is 2.31. The fraction of sp³-hybridized carbons (Fsp3) is 0.625. The monoisotopic (exact) mass is 343 g/mol. The molecule has 0 bridgehead atoms. The molecule has 1 saturated heterocycles. The predicted molar refractivity (Wildman–Crippen MR) is 87.5 cm³/mol. The Morgan fingerprint density at radius 3 is 2.52 bits per heavy atom. The number of hydrogen-bond donors (Lipinski definition) is 1. The number of aryl methyl sites for hydroxylation is 1. The summed E-state index contributed by atoms with van der Waals surface area (Å²) in [6.45, 7) is 6.42. The van der Waals surface area contributed by atoms with Gasteiger partial charge in [-0.15, -0.1) is 0 Å². The van der Waals surface area contributed by atoms with Gasteiger partial charge >= 0.3 is 0 Å². The van der Waals surface area contributed by atoms with E-state index in [4.69, 9.17) is 14.2 Å². The fourth-order valence-corrected chi connectivity index (χ4v) is 4.64. The van der Waals surface area contributed by atoms with Crippen molar-refractivity contribution in [3.8, 4) is 5.75 Å². The molecule has 7 heteroatoms. The SMILES string of the molecule is COc1c(C)cc(S(=O)(=O)N[C@H]2CCOC[C@@H]2OC)c(C)c1C. The van der Waals surface area contributed by atoms with Gasteiger partial charge < -0.3 is 14.2 Å².